The zero-order valence-electron chi connectivity index (χ0n) is 11.5. The van der Waals surface area contributed by atoms with Crippen LogP contribution in [0.4, 0.5) is 4.39 Å². The topological polar surface area (TPSA) is 68.3 Å². The third-order valence-electron chi connectivity index (χ3n) is 3.21. The smallest absolute Gasteiger partial charge is 0.388 e. The second-order valence-corrected chi connectivity index (χ2v) is 4.79. The summed E-state index contributed by atoms with van der Waals surface area (Å²) >= 11 is 0. The molecule has 3 aromatic rings. The summed E-state index contributed by atoms with van der Waals surface area (Å²) in [6.07, 6.45) is -1.05. The van der Waals surface area contributed by atoms with Crippen molar-refractivity contribution in [3.05, 3.63) is 76.5 Å². The highest BCUT2D eigenvalue weighted by Crippen LogP contribution is 2.17. The van der Waals surface area contributed by atoms with Crippen molar-refractivity contribution in [2.45, 2.75) is 12.6 Å². The van der Waals surface area contributed by atoms with Crippen molar-refractivity contribution in [1.82, 2.24) is 9.78 Å². The summed E-state index contributed by atoms with van der Waals surface area (Å²) in [6, 6.07) is 14.5. The quantitative estimate of drug-likeness (QED) is 0.803. The predicted molar refractivity (Wildman–Crippen MR) is 77.6 cm³/mol. The maximum absolute atomic E-state index is 13.2. The summed E-state index contributed by atoms with van der Waals surface area (Å²) in [6.45, 7) is -0.112. The summed E-state index contributed by atoms with van der Waals surface area (Å²) in [7, 11) is 0. The van der Waals surface area contributed by atoms with Crippen LogP contribution in [0.2, 0.25) is 0 Å². The Balaban J connectivity index is 1.84. The minimum Gasteiger partial charge on any atom is -0.388 e. The van der Waals surface area contributed by atoms with Crippen LogP contribution in [0.5, 0.6) is 0 Å². The largest absolute Gasteiger partial charge is 0.437 e. The molecule has 5 nitrogen and oxygen atoms in total. The molecule has 0 radical (unpaired) electrons. The van der Waals surface area contributed by atoms with E-state index in [9.17, 15) is 14.3 Å². The first-order valence-corrected chi connectivity index (χ1v) is 6.70. The van der Waals surface area contributed by atoms with Crippen molar-refractivity contribution in [3.8, 4) is 11.5 Å². The zero-order chi connectivity index (χ0) is 15.5. The van der Waals surface area contributed by atoms with Gasteiger partial charge in [-0.3, -0.25) is 0 Å². The highest BCUT2D eigenvalue weighted by Gasteiger charge is 2.15. The molecule has 0 saturated carbocycles. The van der Waals surface area contributed by atoms with Gasteiger partial charge in [0.15, 0.2) is 0 Å². The van der Waals surface area contributed by atoms with Crippen molar-refractivity contribution in [1.29, 1.82) is 0 Å². The molecular formula is C16H13FN2O3. The van der Waals surface area contributed by atoms with Crippen molar-refractivity contribution in [2.24, 2.45) is 0 Å². The molecule has 0 aliphatic rings. The third-order valence-corrected chi connectivity index (χ3v) is 3.21. The highest BCUT2D eigenvalue weighted by molar-refractivity contribution is 5.51. The molecule has 3 rings (SSSR count). The molecule has 0 fully saturated rings. The lowest BCUT2D eigenvalue weighted by Crippen LogP contribution is -2.20. The second kappa shape index (κ2) is 5.95. The van der Waals surface area contributed by atoms with Gasteiger partial charge < -0.3 is 9.52 Å². The van der Waals surface area contributed by atoms with E-state index in [2.05, 4.69) is 5.10 Å². The molecule has 1 N–H and O–H groups in total. The SMILES string of the molecule is O=c1oc(-c2ccccc2)nn1C[C@H](O)c1cccc(F)c1. The Morgan fingerprint density at radius 1 is 1.18 bits per heavy atom. The van der Waals surface area contributed by atoms with Gasteiger partial charge in [0, 0.05) is 5.56 Å². The summed E-state index contributed by atoms with van der Waals surface area (Å²) in [5.41, 5.74) is 1.04. The fraction of sp³-hybridized carbons (Fsp3) is 0.125. The number of aromatic nitrogens is 2. The highest BCUT2D eigenvalue weighted by atomic mass is 19.1. The second-order valence-electron chi connectivity index (χ2n) is 4.79. The lowest BCUT2D eigenvalue weighted by molar-refractivity contribution is 0.148. The Hall–Kier alpha value is -2.73. The van der Waals surface area contributed by atoms with E-state index in [4.69, 9.17) is 4.42 Å². The number of benzene rings is 2. The van der Waals surface area contributed by atoms with Gasteiger partial charge in [-0.15, -0.1) is 5.10 Å². The van der Waals surface area contributed by atoms with E-state index in [0.29, 0.717) is 11.1 Å². The van der Waals surface area contributed by atoms with Crippen LogP contribution in [-0.4, -0.2) is 14.9 Å². The molecule has 2 aromatic carbocycles. The molecule has 6 heteroatoms. The van der Waals surface area contributed by atoms with E-state index in [-0.39, 0.29) is 12.4 Å². The molecule has 1 heterocycles. The Kier molecular flexibility index (Phi) is 3.84. The van der Waals surface area contributed by atoms with Gasteiger partial charge in [-0.25, -0.2) is 9.18 Å². The molecule has 0 bridgehead atoms. The molecule has 1 aromatic heterocycles. The van der Waals surface area contributed by atoms with Crippen LogP contribution in [0.25, 0.3) is 11.5 Å². The number of aliphatic hydroxyl groups excluding tert-OH is 1. The standard InChI is InChI=1S/C16H13FN2O3/c17-13-8-4-7-12(9-13)14(20)10-19-16(21)22-15(18-19)11-5-2-1-3-6-11/h1-9,14,20H,10H2/t14-/m0/s1. The van der Waals surface area contributed by atoms with Gasteiger partial charge in [0.1, 0.15) is 5.82 Å². The van der Waals surface area contributed by atoms with Crippen LogP contribution in [0.3, 0.4) is 0 Å². The predicted octanol–water partition coefficient (Wildman–Crippen LogP) is 2.38. The van der Waals surface area contributed by atoms with Crippen molar-refractivity contribution in [3.63, 3.8) is 0 Å². The number of rotatable bonds is 4. The monoisotopic (exact) mass is 300 g/mol. The van der Waals surface area contributed by atoms with E-state index in [1.165, 1.54) is 18.2 Å². The normalized spacial score (nSPS) is 12.3. The molecule has 0 spiro atoms. The Bertz CT molecular complexity index is 827. The summed E-state index contributed by atoms with van der Waals surface area (Å²) in [5, 5.41) is 14.1. The summed E-state index contributed by atoms with van der Waals surface area (Å²) in [5.74, 6) is -0.944. The summed E-state index contributed by atoms with van der Waals surface area (Å²) in [4.78, 5) is 11.8. The molecule has 1 atom stereocenters. The van der Waals surface area contributed by atoms with Gasteiger partial charge in [-0.1, -0.05) is 30.3 Å². The van der Waals surface area contributed by atoms with Gasteiger partial charge in [0.05, 0.1) is 12.6 Å². The minimum absolute atomic E-state index is 0.112. The number of hydrogen-bond acceptors (Lipinski definition) is 4. The number of aliphatic hydroxyl groups is 1. The molecular weight excluding hydrogens is 287 g/mol. The van der Waals surface area contributed by atoms with Crippen LogP contribution < -0.4 is 5.76 Å². The van der Waals surface area contributed by atoms with Crippen LogP contribution in [0.1, 0.15) is 11.7 Å². The molecule has 0 unspecified atom stereocenters. The molecule has 112 valence electrons. The van der Waals surface area contributed by atoms with Crippen LogP contribution in [0.15, 0.2) is 63.8 Å². The molecule has 0 amide bonds. The number of hydrogen-bond donors (Lipinski definition) is 1. The van der Waals surface area contributed by atoms with Crippen LogP contribution in [-0.2, 0) is 6.54 Å². The van der Waals surface area contributed by atoms with E-state index in [0.717, 1.165) is 4.68 Å². The molecule has 0 saturated heterocycles. The maximum atomic E-state index is 13.2. The van der Waals surface area contributed by atoms with Gasteiger partial charge in [-0.2, -0.15) is 4.68 Å². The minimum atomic E-state index is -1.05. The maximum Gasteiger partial charge on any atom is 0.437 e. The molecule has 0 aliphatic carbocycles. The fourth-order valence-electron chi connectivity index (χ4n) is 2.10. The third kappa shape index (κ3) is 2.96. The first kappa shape index (κ1) is 14.2. The van der Waals surface area contributed by atoms with Crippen molar-refractivity contribution < 1.29 is 13.9 Å². The van der Waals surface area contributed by atoms with E-state index >= 15 is 0 Å². The zero-order valence-corrected chi connectivity index (χ0v) is 11.5. The molecule has 0 aliphatic heterocycles. The lowest BCUT2D eigenvalue weighted by Gasteiger charge is -2.09. The average Bonchev–Trinajstić information content (AvgIpc) is 2.89. The van der Waals surface area contributed by atoms with E-state index in [1.54, 1.807) is 30.3 Å². The van der Waals surface area contributed by atoms with Crippen LogP contribution in [0, 0.1) is 5.82 Å². The number of nitrogens with zero attached hydrogens (tertiary/aromatic N) is 2. The summed E-state index contributed by atoms with van der Waals surface area (Å²) < 4.78 is 19.3. The van der Waals surface area contributed by atoms with Crippen molar-refractivity contribution in [2.75, 3.05) is 0 Å². The van der Waals surface area contributed by atoms with Gasteiger partial charge in [0.2, 0.25) is 5.89 Å². The number of halogens is 1. The molecule has 22 heavy (non-hydrogen) atoms. The average molecular weight is 300 g/mol. The Morgan fingerprint density at radius 3 is 2.68 bits per heavy atom. The van der Waals surface area contributed by atoms with Gasteiger partial charge in [-0.05, 0) is 29.8 Å². The first-order valence-electron chi connectivity index (χ1n) is 6.70. The van der Waals surface area contributed by atoms with Gasteiger partial charge in [0.25, 0.3) is 0 Å². The Morgan fingerprint density at radius 2 is 1.95 bits per heavy atom. The first-order chi connectivity index (χ1) is 10.6. The van der Waals surface area contributed by atoms with E-state index in [1.807, 2.05) is 6.07 Å². The van der Waals surface area contributed by atoms with Crippen molar-refractivity contribution >= 4 is 0 Å². The van der Waals surface area contributed by atoms with E-state index < -0.39 is 17.7 Å². The fourth-order valence-corrected chi connectivity index (χ4v) is 2.10. The lowest BCUT2D eigenvalue weighted by atomic mass is 10.1. The van der Waals surface area contributed by atoms with Crippen LogP contribution >= 0.6 is 0 Å². The van der Waals surface area contributed by atoms with Gasteiger partial charge >= 0.3 is 5.76 Å². The Labute approximate surface area is 125 Å².